The molecule has 0 atom stereocenters. The Morgan fingerprint density at radius 1 is 1.24 bits per heavy atom. The molecule has 1 aromatic carbocycles. The van der Waals surface area contributed by atoms with Crippen molar-refractivity contribution in [3.05, 3.63) is 35.7 Å². The van der Waals surface area contributed by atoms with Gasteiger partial charge in [-0.2, -0.15) is 0 Å². The fourth-order valence-corrected chi connectivity index (χ4v) is 2.62. The van der Waals surface area contributed by atoms with Crippen molar-refractivity contribution in [3.63, 3.8) is 0 Å². The maximum Gasteiger partial charge on any atom is 0.140 e. The molecule has 2 N–H and O–H groups in total. The third-order valence-corrected chi connectivity index (χ3v) is 3.52. The van der Waals surface area contributed by atoms with Crippen LogP contribution in [-0.4, -0.2) is 9.55 Å². The van der Waals surface area contributed by atoms with Gasteiger partial charge < -0.3 is 10.3 Å². The Morgan fingerprint density at radius 3 is 2.82 bits per heavy atom. The molecule has 1 aromatic heterocycles. The fourth-order valence-electron chi connectivity index (χ4n) is 2.62. The number of aryl methyl sites for hydroxylation is 1. The first kappa shape index (κ1) is 10.4. The number of imidazole rings is 1. The van der Waals surface area contributed by atoms with Crippen molar-refractivity contribution in [1.82, 2.24) is 9.55 Å². The van der Waals surface area contributed by atoms with E-state index in [2.05, 4.69) is 17.7 Å². The van der Waals surface area contributed by atoms with Crippen molar-refractivity contribution >= 4 is 5.69 Å². The lowest BCUT2D eigenvalue weighted by atomic mass is 10.0. The molecule has 0 aliphatic heterocycles. The minimum Gasteiger partial charge on any atom is -0.399 e. The summed E-state index contributed by atoms with van der Waals surface area (Å²) in [6.45, 7) is 0. The average Bonchev–Trinajstić information content (AvgIpc) is 2.68. The Labute approximate surface area is 101 Å². The molecule has 0 spiro atoms. The molecule has 0 amide bonds. The second-order valence-corrected chi connectivity index (χ2v) is 4.72. The van der Waals surface area contributed by atoms with Gasteiger partial charge >= 0.3 is 0 Å². The number of hydrogen-bond acceptors (Lipinski definition) is 2. The van der Waals surface area contributed by atoms with Gasteiger partial charge in [0.1, 0.15) is 5.82 Å². The quantitative estimate of drug-likeness (QED) is 0.761. The molecule has 17 heavy (non-hydrogen) atoms. The number of rotatable bonds is 1. The van der Waals surface area contributed by atoms with E-state index in [1.54, 1.807) is 0 Å². The highest BCUT2D eigenvalue weighted by molar-refractivity contribution is 5.62. The third kappa shape index (κ3) is 1.71. The minimum absolute atomic E-state index is 0.795. The van der Waals surface area contributed by atoms with Gasteiger partial charge in [0.25, 0.3) is 0 Å². The van der Waals surface area contributed by atoms with E-state index in [0.29, 0.717) is 0 Å². The molecule has 0 saturated heterocycles. The van der Waals surface area contributed by atoms with E-state index in [0.717, 1.165) is 29.9 Å². The monoisotopic (exact) mass is 227 g/mol. The summed E-state index contributed by atoms with van der Waals surface area (Å²) in [5.74, 6) is 1.05. The van der Waals surface area contributed by atoms with Gasteiger partial charge in [0.05, 0.1) is 5.69 Å². The van der Waals surface area contributed by atoms with Crippen LogP contribution in [-0.2, 0) is 19.9 Å². The van der Waals surface area contributed by atoms with Crippen LogP contribution in [0.25, 0.3) is 11.4 Å². The lowest BCUT2D eigenvalue weighted by molar-refractivity contribution is 0.644. The number of aromatic nitrogens is 2. The predicted octanol–water partition coefficient (Wildman–Crippen LogP) is 2.55. The number of nitrogens with two attached hydrogens (primary N) is 1. The smallest absolute Gasteiger partial charge is 0.140 e. The lowest BCUT2D eigenvalue weighted by Crippen LogP contribution is -2.05. The van der Waals surface area contributed by atoms with Gasteiger partial charge in [0, 0.05) is 24.0 Å². The maximum atomic E-state index is 5.83. The number of nitrogens with zero attached hydrogens (tertiary/aromatic N) is 2. The second-order valence-electron chi connectivity index (χ2n) is 4.72. The highest BCUT2D eigenvalue weighted by atomic mass is 15.1. The molecule has 0 bridgehead atoms. The molecule has 0 saturated carbocycles. The van der Waals surface area contributed by atoms with Crippen LogP contribution in [0.1, 0.15) is 24.2 Å². The van der Waals surface area contributed by atoms with Crippen LogP contribution < -0.4 is 5.73 Å². The highest BCUT2D eigenvalue weighted by Crippen LogP contribution is 2.27. The molecule has 3 heteroatoms. The first-order chi connectivity index (χ1) is 8.25. The van der Waals surface area contributed by atoms with Crippen LogP contribution in [0, 0.1) is 0 Å². The molecule has 1 heterocycles. The average molecular weight is 227 g/mol. The topological polar surface area (TPSA) is 43.8 Å². The van der Waals surface area contributed by atoms with Crippen molar-refractivity contribution < 1.29 is 0 Å². The minimum atomic E-state index is 0.795. The summed E-state index contributed by atoms with van der Waals surface area (Å²) >= 11 is 0. The molecule has 3 nitrogen and oxygen atoms in total. The number of anilines is 1. The van der Waals surface area contributed by atoms with E-state index in [9.17, 15) is 0 Å². The number of benzene rings is 1. The van der Waals surface area contributed by atoms with Gasteiger partial charge in [0.15, 0.2) is 0 Å². The van der Waals surface area contributed by atoms with Gasteiger partial charge in [-0.05, 0) is 37.8 Å². The van der Waals surface area contributed by atoms with Crippen molar-refractivity contribution in [2.24, 2.45) is 7.05 Å². The standard InChI is InChI=1S/C14H17N3/c1-17-13-8-3-2-7-12(13)16-14(17)10-5-4-6-11(15)9-10/h4-6,9H,2-3,7-8,15H2,1H3. The van der Waals surface area contributed by atoms with Crippen LogP contribution in [0.5, 0.6) is 0 Å². The summed E-state index contributed by atoms with van der Waals surface area (Å²) in [5.41, 5.74) is 10.4. The number of hydrogen-bond donors (Lipinski definition) is 1. The van der Waals surface area contributed by atoms with E-state index in [1.807, 2.05) is 18.2 Å². The Balaban J connectivity index is 2.12. The zero-order valence-corrected chi connectivity index (χ0v) is 10.1. The second kappa shape index (κ2) is 3.91. The fraction of sp³-hybridized carbons (Fsp3) is 0.357. The van der Waals surface area contributed by atoms with Crippen molar-refractivity contribution in [2.75, 3.05) is 5.73 Å². The summed E-state index contributed by atoms with van der Waals surface area (Å²) in [5, 5.41) is 0. The van der Waals surface area contributed by atoms with E-state index < -0.39 is 0 Å². The highest BCUT2D eigenvalue weighted by Gasteiger charge is 2.18. The zero-order valence-electron chi connectivity index (χ0n) is 10.1. The van der Waals surface area contributed by atoms with Crippen LogP contribution in [0.3, 0.4) is 0 Å². The lowest BCUT2D eigenvalue weighted by Gasteiger charge is -2.11. The molecule has 88 valence electrons. The molecule has 0 fully saturated rings. The van der Waals surface area contributed by atoms with Crippen LogP contribution in [0.2, 0.25) is 0 Å². The Hall–Kier alpha value is -1.77. The van der Waals surface area contributed by atoms with Crippen molar-refractivity contribution in [1.29, 1.82) is 0 Å². The SMILES string of the molecule is Cn1c(-c2cccc(N)c2)nc2c1CCCC2. The first-order valence-corrected chi connectivity index (χ1v) is 6.16. The van der Waals surface area contributed by atoms with Crippen LogP contribution >= 0.6 is 0 Å². The Bertz CT molecular complexity index is 555. The van der Waals surface area contributed by atoms with Crippen LogP contribution in [0.4, 0.5) is 5.69 Å². The summed E-state index contributed by atoms with van der Waals surface area (Å²) in [6, 6.07) is 7.96. The van der Waals surface area contributed by atoms with Gasteiger partial charge in [0.2, 0.25) is 0 Å². The molecule has 2 aromatic rings. The first-order valence-electron chi connectivity index (χ1n) is 6.16. The maximum absolute atomic E-state index is 5.83. The third-order valence-electron chi connectivity index (χ3n) is 3.52. The molecule has 0 radical (unpaired) electrons. The molecule has 1 aliphatic rings. The van der Waals surface area contributed by atoms with E-state index in [4.69, 9.17) is 10.7 Å². The predicted molar refractivity (Wildman–Crippen MR) is 69.7 cm³/mol. The molecular formula is C14H17N3. The summed E-state index contributed by atoms with van der Waals surface area (Å²) in [6.07, 6.45) is 4.82. The van der Waals surface area contributed by atoms with E-state index >= 15 is 0 Å². The van der Waals surface area contributed by atoms with E-state index in [-0.39, 0.29) is 0 Å². The largest absolute Gasteiger partial charge is 0.399 e. The van der Waals surface area contributed by atoms with E-state index in [1.165, 1.54) is 24.2 Å². The zero-order chi connectivity index (χ0) is 11.8. The van der Waals surface area contributed by atoms with Gasteiger partial charge in [-0.3, -0.25) is 0 Å². The molecule has 0 unspecified atom stereocenters. The van der Waals surface area contributed by atoms with Gasteiger partial charge in [-0.25, -0.2) is 4.98 Å². The Kier molecular flexibility index (Phi) is 2.39. The Morgan fingerprint density at radius 2 is 2.06 bits per heavy atom. The van der Waals surface area contributed by atoms with Crippen LogP contribution in [0.15, 0.2) is 24.3 Å². The van der Waals surface area contributed by atoms with Crippen molar-refractivity contribution in [2.45, 2.75) is 25.7 Å². The summed E-state index contributed by atoms with van der Waals surface area (Å²) in [4.78, 5) is 4.77. The summed E-state index contributed by atoms with van der Waals surface area (Å²) < 4.78 is 2.23. The number of nitrogen functional groups attached to an aromatic ring is 1. The molecule has 3 rings (SSSR count). The molecular weight excluding hydrogens is 210 g/mol. The van der Waals surface area contributed by atoms with Gasteiger partial charge in [-0.1, -0.05) is 12.1 Å². The number of fused-ring (bicyclic) bond motifs is 1. The van der Waals surface area contributed by atoms with Gasteiger partial charge in [-0.15, -0.1) is 0 Å². The molecule has 1 aliphatic carbocycles. The normalized spacial score (nSPS) is 14.6. The van der Waals surface area contributed by atoms with Crippen molar-refractivity contribution in [3.8, 4) is 11.4 Å². The summed E-state index contributed by atoms with van der Waals surface area (Å²) in [7, 11) is 2.11.